The van der Waals surface area contributed by atoms with E-state index in [1.54, 1.807) is 38.4 Å². The van der Waals surface area contributed by atoms with Crippen LogP contribution in [0.1, 0.15) is 5.56 Å². The van der Waals surface area contributed by atoms with Crippen LogP contribution in [0.25, 0.3) is 22.2 Å². The number of benzene rings is 1. The fourth-order valence-electron chi connectivity index (χ4n) is 3.17. The summed E-state index contributed by atoms with van der Waals surface area (Å²) in [7, 11) is 3.38. The molecule has 0 aliphatic carbocycles. The number of hydrogen-bond donors (Lipinski definition) is 2. The van der Waals surface area contributed by atoms with E-state index in [-0.39, 0.29) is 5.88 Å². The summed E-state index contributed by atoms with van der Waals surface area (Å²) in [4.78, 5) is 24.5. The third kappa shape index (κ3) is 5.94. The summed E-state index contributed by atoms with van der Waals surface area (Å²) in [5, 5.41) is 20.2. The Morgan fingerprint density at radius 1 is 1.31 bits per heavy atom. The van der Waals surface area contributed by atoms with Gasteiger partial charge >= 0.3 is 0 Å². The first-order valence-corrected chi connectivity index (χ1v) is 10.1. The summed E-state index contributed by atoms with van der Waals surface area (Å²) < 4.78 is 11.1. The largest absolute Gasteiger partial charge is 0.494 e. The summed E-state index contributed by atoms with van der Waals surface area (Å²) >= 11 is 0. The molecule has 0 atom stereocenters. The number of nitriles is 1. The number of nitrogens with zero attached hydrogens (tertiary/aromatic N) is 5. The van der Waals surface area contributed by atoms with E-state index in [0.717, 1.165) is 50.2 Å². The quantitative estimate of drug-likeness (QED) is 0.556. The van der Waals surface area contributed by atoms with Gasteiger partial charge in [0, 0.05) is 50.7 Å². The number of fused-ring (bicyclic) bond motifs is 1. The van der Waals surface area contributed by atoms with E-state index in [2.05, 4.69) is 25.9 Å². The lowest BCUT2D eigenvalue weighted by molar-refractivity contribution is -0.115. The van der Waals surface area contributed by atoms with Gasteiger partial charge < -0.3 is 24.5 Å². The topological polar surface area (TPSA) is 128 Å². The van der Waals surface area contributed by atoms with Crippen molar-refractivity contribution >= 4 is 17.3 Å². The molecule has 1 fully saturated rings. The minimum Gasteiger partial charge on any atom is -0.494 e. The van der Waals surface area contributed by atoms with Crippen LogP contribution in [0.4, 0.5) is 0 Å². The van der Waals surface area contributed by atoms with Crippen molar-refractivity contribution in [1.29, 1.82) is 5.26 Å². The van der Waals surface area contributed by atoms with Crippen LogP contribution in [-0.2, 0) is 9.53 Å². The lowest BCUT2D eigenvalue weighted by atomic mass is 10.1. The molecule has 1 saturated heterocycles. The highest BCUT2D eigenvalue weighted by molar-refractivity contribution is 5.98. The summed E-state index contributed by atoms with van der Waals surface area (Å²) in [5.41, 5.74) is 2.31. The van der Waals surface area contributed by atoms with E-state index in [0.29, 0.717) is 29.3 Å². The van der Waals surface area contributed by atoms with Crippen LogP contribution in [0.3, 0.4) is 0 Å². The maximum atomic E-state index is 10.3. The molecule has 4 rings (SSSR count). The van der Waals surface area contributed by atoms with Gasteiger partial charge in [0.15, 0.2) is 5.88 Å². The highest BCUT2D eigenvalue weighted by Crippen LogP contribution is 2.36. The number of nitrogens with one attached hydrogen (secondary N) is 1. The molecule has 10 nitrogen and oxygen atoms in total. The van der Waals surface area contributed by atoms with E-state index in [1.807, 2.05) is 0 Å². The number of ether oxygens (including phenoxy) is 2. The lowest BCUT2D eigenvalue weighted by Crippen LogP contribution is -2.38. The van der Waals surface area contributed by atoms with Gasteiger partial charge in [-0.05, 0) is 18.2 Å². The third-order valence-corrected chi connectivity index (χ3v) is 4.78. The van der Waals surface area contributed by atoms with Crippen LogP contribution in [0.5, 0.6) is 11.8 Å². The molecule has 1 amide bonds. The first-order chi connectivity index (χ1) is 15.5. The average molecular weight is 438 g/mol. The standard InChI is InChI=1S/C19H19N5O3.C3H7NO/c20-11-13-1-2-15-14(9-13)18(19(25)23-15)16-10-17(22-12-21-16)27-8-5-24-3-6-26-7-4-24;1-4(2)3-5/h1-2,9-10,12,23,25H,3-8H2;3H,1-2H3. The Morgan fingerprint density at radius 2 is 2.06 bits per heavy atom. The Labute approximate surface area is 186 Å². The average Bonchev–Trinajstić information content (AvgIpc) is 3.15. The predicted octanol–water partition coefficient (Wildman–Crippen LogP) is 1.62. The fraction of sp³-hybridized carbons (Fsp3) is 0.364. The smallest absolute Gasteiger partial charge is 0.216 e. The Balaban J connectivity index is 0.000000523. The number of rotatable bonds is 6. The molecule has 2 N–H and O–H groups in total. The van der Waals surface area contributed by atoms with E-state index < -0.39 is 0 Å². The third-order valence-electron chi connectivity index (χ3n) is 4.78. The minimum atomic E-state index is -0.00180. The van der Waals surface area contributed by atoms with Gasteiger partial charge in [0.05, 0.1) is 36.1 Å². The van der Waals surface area contributed by atoms with Crippen molar-refractivity contribution in [3.63, 3.8) is 0 Å². The molecular weight excluding hydrogens is 412 g/mol. The fourth-order valence-corrected chi connectivity index (χ4v) is 3.17. The SMILES string of the molecule is CN(C)C=O.N#Cc1ccc2[nH]c(O)c(-c3cc(OCCN4CCOCC4)ncn3)c2c1. The molecule has 0 radical (unpaired) electrons. The number of aromatic nitrogens is 3. The molecule has 168 valence electrons. The highest BCUT2D eigenvalue weighted by Gasteiger charge is 2.16. The molecule has 0 bridgehead atoms. The van der Waals surface area contributed by atoms with Crippen LogP contribution in [-0.4, -0.2) is 89.8 Å². The van der Waals surface area contributed by atoms with Crippen LogP contribution in [0.15, 0.2) is 30.6 Å². The molecule has 0 unspecified atom stereocenters. The molecule has 2 aromatic heterocycles. The second-order valence-corrected chi connectivity index (χ2v) is 7.33. The van der Waals surface area contributed by atoms with Gasteiger partial charge in [-0.1, -0.05) is 0 Å². The van der Waals surface area contributed by atoms with E-state index in [4.69, 9.17) is 14.7 Å². The number of hydrogen-bond acceptors (Lipinski definition) is 8. The summed E-state index contributed by atoms with van der Waals surface area (Å²) in [6, 6.07) is 8.99. The number of aromatic amines is 1. The van der Waals surface area contributed by atoms with Crippen LogP contribution >= 0.6 is 0 Å². The van der Waals surface area contributed by atoms with Gasteiger partial charge in [-0.15, -0.1) is 0 Å². The van der Waals surface area contributed by atoms with E-state index in [1.165, 1.54) is 11.2 Å². The van der Waals surface area contributed by atoms with Crippen molar-refractivity contribution < 1.29 is 19.4 Å². The van der Waals surface area contributed by atoms with Crippen molar-refractivity contribution in [3.05, 3.63) is 36.2 Å². The Morgan fingerprint density at radius 3 is 2.75 bits per heavy atom. The first kappa shape index (κ1) is 23.0. The number of morpholine rings is 1. The number of amides is 1. The zero-order chi connectivity index (χ0) is 22.9. The molecule has 3 heterocycles. The second kappa shape index (κ2) is 11.1. The monoisotopic (exact) mass is 438 g/mol. The van der Waals surface area contributed by atoms with Crippen molar-refractivity contribution in [2.45, 2.75) is 0 Å². The predicted molar refractivity (Wildman–Crippen MR) is 118 cm³/mol. The van der Waals surface area contributed by atoms with Gasteiger partial charge in [0.25, 0.3) is 0 Å². The zero-order valence-electron chi connectivity index (χ0n) is 18.1. The van der Waals surface area contributed by atoms with E-state index >= 15 is 0 Å². The van der Waals surface area contributed by atoms with Crippen molar-refractivity contribution in [2.75, 3.05) is 53.6 Å². The zero-order valence-corrected chi connectivity index (χ0v) is 18.1. The summed E-state index contributed by atoms with van der Waals surface area (Å²) in [6.45, 7) is 4.62. The number of carbonyl (C=O) groups excluding carboxylic acids is 1. The van der Waals surface area contributed by atoms with Crippen LogP contribution < -0.4 is 4.74 Å². The second-order valence-electron chi connectivity index (χ2n) is 7.33. The number of H-pyrrole nitrogens is 1. The highest BCUT2D eigenvalue weighted by atomic mass is 16.5. The molecule has 0 saturated carbocycles. The van der Waals surface area contributed by atoms with Gasteiger partial charge in [0.2, 0.25) is 12.3 Å². The molecule has 1 aromatic carbocycles. The lowest BCUT2D eigenvalue weighted by Gasteiger charge is -2.26. The van der Waals surface area contributed by atoms with Crippen LogP contribution in [0.2, 0.25) is 0 Å². The molecule has 1 aliphatic heterocycles. The Kier molecular flexibility index (Phi) is 7.96. The van der Waals surface area contributed by atoms with Gasteiger partial charge in [-0.25, -0.2) is 9.97 Å². The molecule has 10 heteroatoms. The minimum absolute atomic E-state index is 0.00180. The maximum Gasteiger partial charge on any atom is 0.216 e. The molecular formula is C22H26N6O4. The molecule has 3 aromatic rings. The number of aromatic hydroxyl groups is 1. The van der Waals surface area contributed by atoms with E-state index in [9.17, 15) is 9.90 Å². The van der Waals surface area contributed by atoms with Crippen molar-refractivity contribution in [2.24, 2.45) is 0 Å². The van der Waals surface area contributed by atoms with Crippen molar-refractivity contribution in [1.82, 2.24) is 24.8 Å². The van der Waals surface area contributed by atoms with Crippen LogP contribution in [0, 0.1) is 11.3 Å². The first-order valence-electron chi connectivity index (χ1n) is 10.1. The summed E-state index contributed by atoms with van der Waals surface area (Å²) in [5.74, 6) is 0.441. The maximum absolute atomic E-state index is 10.3. The number of carbonyl (C=O) groups is 1. The Bertz CT molecular complexity index is 1090. The van der Waals surface area contributed by atoms with Gasteiger partial charge in [-0.3, -0.25) is 9.69 Å². The Hall–Kier alpha value is -3.68. The molecule has 1 aliphatic rings. The molecule has 32 heavy (non-hydrogen) atoms. The summed E-state index contributed by atoms with van der Waals surface area (Å²) in [6.07, 6.45) is 2.16. The van der Waals surface area contributed by atoms with Crippen molar-refractivity contribution in [3.8, 4) is 29.1 Å². The van der Waals surface area contributed by atoms with Gasteiger partial charge in [0.1, 0.15) is 12.9 Å². The normalized spacial score (nSPS) is 13.7. The molecule has 0 spiro atoms. The van der Waals surface area contributed by atoms with Gasteiger partial charge in [-0.2, -0.15) is 5.26 Å².